The minimum absolute atomic E-state index is 0.216. The number of likely N-dealkylation sites (tertiary alicyclic amines) is 1. The predicted octanol–water partition coefficient (Wildman–Crippen LogP) is 1.01. The molecule has 0 aromatic heterocycles. The van der Waals surface area contributed by atoms with Crippen LogP contribution in [0.4, 0.5) is 0 Å². The van der Waals surface area contributed by atoms with Gasteiger partial charge in [-0.15, -0.1) is 0 Å². The zero-order valence-corrected chi connectivity index (χ0v) is 10.8. The molecular formula is C13H24N2O2. The molecule has 4 heteroatoms. The molecule has 0 unspecified atom stereocenters. The van der Waals surface area contributed by atoms with E-state index in [0.717, 1.165) is 51.6 Å². The van der Waals surface area contributed by atoms with Crippen LogP contribution in [0.25, 0.3) is 0 Å². The number of carbonyl (C=O) groups excluding carboxylic acids is 1. The van der Waals surface area contributed by atoms with Crippen molar-refractivity contribution in [2.75, 3.05) is 32.8 Å². The van der Waals surface area contributed by atoms with E-state index in [1.807, 2.05) is 4.90 Å². The van der Waals surface area contributed by atoms with Gasteiger partial charge in [0.15, 0.2) is 0 Å². The molecule has 1 amide bonds. The molecule has 0 atom stereocenters. The molecule has 2 fully saturated rings. The Morgan fingerprint density at radius 3 is 2.47 bits per heavy atom. The van der Waals surface area contributed by atoms with E-state index in [-0.39, 0.29) is 5.91 Å². The Hall–Kier alpha value is -0.610. The molecule has 17 heavy (non-hydrogen) atoms. The summed E-state index contributed by atoms with van der Waals surface area (Å²) in [5, 5.41) is 3.66. The van der Waals surface area contributed by atoms with E-state index in [9.17, 15) is 4.79 Å². The highest BCUT2D eigenvalue weighted by Crippen LogP contribution is 2.15. The molecule has 2 aliphatic heterocycles. The number of hydrogen-bond donors (Lipinski definition) is 1. The molecule has 1 N–H and O–H groups in total. The first-order valence-corrected chi connectivity index (χ1v) is 6.82. The van der Waals surface area contributed by atoms with Crippen LogP contribution < -0.4 is 5.32 Å². The average Bonchev–Trinajstić information content (AvgIpc) is 2.38. The summed E-state index contributed by atoms with van der Waals surface area (Å²) in [5.74, 6) is 1.00. The maximum absolute atomic E-state index is 11.2. The molecule has 0 radical (unpaired) electrons. The van der Waals surface area contributed by atoms with Crippen LogP contribution in [0, 0.1) is 5.92 Å². The molecule has 0 spiro atoms. The van der Waals surface area contributed by atoms with Crippen LogP contribution in [0.2, 0.25) is 0 Å². The Kier molecular flexibility index (Phi) is 4.80. The second kappa shape index (κ2) is 6.36. The van der Waals surface area contributed by atoms with E-state index < -0.39 is 0 Å². The second-order valence-electron chi connectivity index (χ2n) is 5.24. The zero-order chi connectivity index (χ0) is 12.1. The summed E-state index contributed by atoms with van der Waals surface area (Å²) in [6.07, 6.45) is 4.59. The van der Waals surface area contributed by atoms with Gasteiger partial charge in [-0.3, -0.25) is 4.79 Å². The van der Waals surface area contributed by atoms with E-state index in [1.54, 1.807) is 6.92 Å². The lowest BCUT2D eigenvalue weighted by molar-refractivity contribution is -0.129. The fraction of sp³-hybridized carbons (Fsp3) is 0.923. The van der Waals surface area contributed by atoms with Crippen molar-refractivity contribution < 1.29 is 9.53 Å². The van der Waals surface area contributed by atoms with Gasteiger partial charge in [0.25, 0.3) is 0 Å². The van der Waals surface area contributed by atoms with Gasteiger partial charge in [0.2, 0.25) is 5.91 Å². The first-order valence-electron chi connectivity index (χ1n) is 6.82. The van der Waals surface area contributed by atoms with Gasteiger partial charge in [-0.05, 0) is 38.1 Å². The van der Waals surface area contributed by atoms with Crippen LogP contribution in [0.1, 0.15) is 32.6 Å². The lowest BCUT2D eigenvalue weighted by Gasteiger charge is -2.33. The summed E-state index contributed by atoms with van der Waals surface area (Å²) in [5.41, 5.74) is 0. The molecule has 0 aromatic rings. The summed E-state index contributed by atoms with van der Waals surface area (Å²) in [7, 11) is 0. The van der Waals surface area contributed by atoms with Gasteiger partial charge in [0, 0.05) is 39.3 Å². The zero-order valence-electron chi connectivity index (χ0n) is 10.8. The van der Waals surface area contributed by atoms with E-state index >= 15 is 0 Å². The molecule has 2 heterocycles. The lowest BCUT2D eigenvalue weighted by atomic mass is 9.98. The standard InChI is InChI=1S/C13H24N2O2/c1-11(16)15-6-2-13(3-7-15)14-10-12-4-8-17-9-5-12/h12-14H,2-10H2,1H3. The number of carbonyl (C=O) groups is 1. The van der Waals surface area contributed by atoms with Crippen molar-refractivity contribution in [3.8, 4) is 0 Å². The molecule has 0 aliphatic carbocycles. The summed E-state index contributed by atoms with van der Waals surface area (Å²) in [6.45, 7) is 6.47. The number of nitrogens with zero attached hydrogens (tertiary/aromatic N) is 1. The van der Waals surface area contributed by atoms with E-state index in [4.69, 9.17) is 4.74 Å². The number of amides is 1. The Bertz CT molecular complexity index is 244. The van der Waals surface area contributed by atoms with Crippen molar-refractivity contribution in [1.82, 2.24) is 10.2 Å². The van der Waals surface area contributed by atoms with Crippen molar-refractivity contribution in [3.05, 3.63) is 0 Å². The highest BCUT2D eigenvalue weighted by Gasteiger charge is 2.21. The second-order valence-corrected chi connectivity index (χ2v) is 5.24. The predicted molar refractivity (Wildman–Crippen MR) is 66.8 cm³/mol. The van der Waals surface area contributed by atoms with Gasteiger partial charge in [-0.1, -0.05) is 0 Å². The third kappa shape index (κ3) is 3.96. The van der Waals surface area contributed by atoms with Crippen LogP contribution in [-0.4, -0.2) is 49.7 Å². The Morgan fingerprint density at radius 1 is 1.24 bits per heavy atom. The Labute approximate surface area is 104 Å². The van der Waals surface area contributed by atoms with Crippen molar-refractivity contribution in [2.45, 2.75) is 38.6 Å². The number of nitrogens with one attached hydrogen (secondary N) is 1. The number of piperidine rings is 1. The van der Waals surface area contributed by atoms with Crippen molar-refractivity contribution in [1.29, 1.82) is 0 Å². The lowest BCUT2D eigenvalue weighted by Crippen LogP contribution is -2.45. The minimum atomic E-state index is 0.216. The van der Waals surface area contributed by atoms with Crippen LogP contribution >= 0.6 is 0 Å². The van der Waals surface area contributed by atoms with Gasteiger partial charge in [-0.2, -0.15) is 0 Å². The first-order chi connectivity index (χ1) is 8.25. The quantitative estimate of drug-likeness (QED) is 0.800. The smallest absolute Gasteiger partial charge is 0.219 e. The van der Waals surface area contributed by atoms with E-state index in [2.05, 4.69) is 5.32 Å². The van der Waals surface area contributed by atoms with Crippen molar-refractivity contribution >= 4 is 5.91 Å². The summed E-state index contributed by atoms with van der Waals surface area (Å²) >= 11 is 0. The van der Waals surface area contributed by atoms with E-state index in [1.165, 1.54) is 12.8 Å². The first kappa shape index (κ1) is 12.8. The van der Waals surface area contributed by atoms with Crippen LogP contribution in [0.15, 0.2) is 0 Å². The van der Waals surface area contributed by atoms with Gasteiger partial charge in [0.1, 0.15) is 0 Å². The van der Waals surface area contributed by atoms with Crippen molar-refractivity contribution in [3.63, 3.8) is 0 Å². The van der Waals surface area contributed by atoms with E-state index in [0.29, 0.717) is 6.04 Å². The molecule has 98 valence electrons. The van der Waals surface area contributed by atoms with Gasteiger partial charge >= 0.3 is 0 Å². The molecule has 2 aliphatic rings. The summed E-state index contributed by atoms with van der Waals surface area (Å²) in [6, 6.07) is 0.605. The maximum atomic E-state index is 11.2. The number of hydrogen-bond acceptors (Lipinski definition) is 3. The van der Waals surface area contributed by atoms with Crippen LogP contribution in [-0.2, 0) is 9.53 Å². The van der Waals surface area contributed by atoms with Gasteiger partial charge < -0.3 is 15.0 Å². The highest BCUT2D eigenvalue weighted by atomic mass is 16.5. The van der Waals surface area contributed by atoms with Crippen LogP contribution in [0.5, 0.6) is 0 Å². The largest absolute Gasteiger partial charge is 0.381 e. The Morgan fingerprint density at radius 2 is 1.88 bits per heavy atom. The van der Waals surface area contributed by atoms with Crippen LogP contribution in [0.3, 0.4) is 0 Å². The van der Waals surface area contributed by atoms with Gasteiger partial charge in [0.05, 0.1) is 0 Å². The molecule has 2 rings (SSSR count). The molecular weight excluding hydrogens is 216 g/mol. The highest BCUT2D eigenvalue weighted by molar-refractivity contribution is 5.73. The fourth-order valence-electron chi connectivity index (χ4n) is 2.68. The molecule has 2 saturated heterocycles. The van der Waals surface area contributed by atoms with Gasteiger partial charge in [-0.25, -0.2) is 0 Å². The summed E-state index contributed by atoms with van der Waals surface area (Å²) in [4.78, 5) is 13.2. The number of rotatable bonds is 3. The molecule has 0 aromatic carbocycles. The normalized spacial score (nSPS) is 23.9. The molecule has 0 saturated carbocycles. The van der Waals surface area contributed by atoms with Crippen molar-refractivity contribution in [2.24, 2.45) is 5.92 Å². The summed E-state index contributed by atoms with van der Waals surface area (Å²) < 4.78 is 5.36. The maximum Gasteiger partial charge on any atom is 0.219 e. The SMILES string of the molecule is CC(=O)N1CCC(NCC2CCOCC2)CC1. The topological polar surface area (TPSA) is 41.6 Å². The molecule has 0 bridgehead atoms. The average molecular weight is 240 g/mol. The monoisotopic (exact) mass is 240 g/mol. The third-order valence-corrected chi connectivity index (χ3v) is 3.98. The Balaban J connectivity index is 1.62. The minimum Gasteiger partial charge on any atom is -0.381 e. The molecule has 4 nitrogen and oxygen atoms in total. The fourth-order valence-corrected chi connectivity index (χ4v) is 2.68. The third-order valence-electron chi connectivity index (χ3n) is 3.98. The number of ether oxygens (including phenoxy) is 1.